The maximum absolute atomic E-state index is 10.6. The first-order chi connectivity index (χ1) is 5.20. The maximum Gasteiger partial charge on any atom is 0.244 e. The van der Waals surface area contributed by atoms with Crippen LogP contribution < -0.4 is 10.6 Å². The van der Waals surface area contributed by atoms with Crippen molar-refractivity contribution in [2.75, 3.05) is 6.67 Å². The third-order valence-electron chi connectivity index (χ3n) is 1.01. The Bertz CT molecular complexity index is 165. The number of nitrogens with one attached hydrogen (secondary N) is 2. The van der Waals surface area contributed by atoms with Gasteiger partial charge in [-0.15, -0.1) is 0 Å². The first kappa shape index (κ1) is 9.49. The molecule has 0 saturated carbocycles. The predicted molar refractivity (Wildman–Crippen MR) is 45.7 cm³/mol. The zero-order chi connectivity index (χ0) is 8.69. The van der Waals surface area contributed by atoms with E-state index in [4.69, 9.17) is 0 Å². The minimum absolute atomic E-state index is 0.214. The first-order valence-corrected chi connectivity index (χ1v) is 3.16. The highest BCUT2D eigenvalue weighted by molar-refractivity contribution is 5.86. The SMILES string of the molecule is C=CC(=C)NCNC(=O)C=C. The fourth-order valence-corrected chi connectivity index (χ4v) is 0.389. The van der Waals surface area contributed by atoms with Gasteiger partial charge < -0.3 is 10.6 Å². The molecule has 0 fully saturated rings. The number of carbonyl (C=O) groups excluding carboxylic acids is 1. The Balaban J connectivity index is 3.41. The molecule has 3 heteroatoms. The second kappa shape index (κ2) is 5.29. The van der Waals surface area contributed by atoms with Crippen LogP contribution in [-0.2, 0) is 4.79 Å². The normalized spacial score (nSPS) is 8.00. The third kappa shape index (κ3) is 4.96. The second-order valence-electron chi connectivity index (χ2n) is 1.83. The average Bonchev–Trinajstić information content (AvgIpc) is 2.04. The summed E-state index contributed by atoms with van der Waals surface area (Å²) in [6.45, 7) is 10.7. The summed E-state index contributed by atoms with van der Waals surface area (Å²) >= 11 is 0. The molecule has 0 rings (SSSR count). The molecule has 11 heavy (non-hydrogen) atoms. The van der Waals surface area contributed by atoms with Crippen molar-refractivity contribution in [2.24, 2.45) is 0 Å². The molecule has 0 aliphatic heterocycles. The Morgan fingerprint density at radius 1 is 1.27 bits per heavy atom. The van der Waals surface area contributed by atoms with E-state index < -0.39 is 0 Å². The van der Waals surface area contributed by atoms with Crippen LogP contribution in [0.4, 0.5) is 0 Å². The third-order valence-corrected chi connectivity index (χ3v) is 1.01. The molecule has 0 aromatic carbocycles. The number of hydrogen-bond acceptors (Lipinski definition) is 2. The summed E-state index contributed by atoms with van der Waals surface area (Å²) < 4.78 is 0. The van der Waals surface area contributed by atoms with Gasteiger partial charge in [-0.3, -0.25) is 4.79 Å². The Hall–Kier alpha value is -1.51. The number of carbonyl (C=O) groups is 1. The summed E-state index contributed by atoms with van der Waals surface area (Å²) in [7, 11) is 0. The molecular weight excluding hydrogens is 140 g/mol. The Kier molecular flexibility index (Phi) is 4.56. The highest BCUT2D eigenvalue weighted by Crippen LogP contribution is 1.79. The monoisotopic (exact) mass is 152 g/mol. The number of amides is 1. The Morgan fingerprint density at radius 3 is 2.36 bits per heavy atom. The van der Waals surface area contributed by atoms with Crippen LogP contribution in [0.3, 0.4) is 0 Å². The summed E-state index contributed by atoms with van der Waals surface area (Å²) in [5.41, 5.74) is 0.675. The van der Waals surface area contributed by atoms with Gasteiger partial charge in [0.25, 0.3) is 0 Å². The van der Waals surface area contributed by atoms with E-state index in [2.05, 4.69) is 30.4 Å². The molecule has 0 atom stereocenters. The van der Waals surface area contributed by atoms with E-state index >= 15 is 0 Å². The van der Waals surface area contributed by atoms with Crippen molar-refractivity contribution in [1.29, 1.82) is 0 Å². The summed E-state index contributed by atoms with van der Waals surface area (Å²) in [5, 5.41) is 5.33. The zero-order valence-electron chi connectivity index (χ0n) is 6.39. The summed E-state index contributed by atoms with van der Waals surface area (Å²) in [6.07, 6.45) is 2.78. The van der Waals surface area contributed by atoms with Crippen LogP contribution in [0.2, 0.25) is 0 Å². The Morgan fingerprint density at radius 2 is 1.91 bits per heavy atom. The van der Waals surface area contributed by atoms with Gasteiger partial charge in [-0.25, -0.2) is 0 Å². The lowest BCUT2D eigenvalue weighted by Gasteiger charge is -2.04. The van der Waals surface area contributed by atoms with Gasteiger partial charge >= 0.3 is 0 Å². The lowest BCUT2D eigenvalue weighted by Crippen LogP contribution is -2.31. The van der Waals surface area contributed by atoms with Gasteiger partial charge in [0.2, 0.25) is 5.91 Å². The second-order valence-corrected chi connectivity index (χ2v) is 1.83. The molecule has 0 spiro atoms. The van der Waals surface area contributed by atoms with Gasteiger partial charge in [0.15, 0.2) is 0 Å². The fraction of sp³-hybridized carbons (Fsp3) is 0.125. The number of rotatable bonds is 5. The zero-order valence-corrected chi connectivity index (χ0v) is 6.39. The van der Waals surface area contributed by atoms with Gasteiger partial charge in [0, 0.05) is 5.70 Å². The summed E-state index contributed by atoms with van der Waals surface area (Å²) in [6, 6.07) is 0. The van der Waals surface area contributed by atoms with Crippen molar-refractivity contribution in [2.45, 2.75) is 0 Å². The molecule has 0 unspecified atom stereocenters. The topological polar surface area (TPSA) is 41.1 Å². The van der Waals surface area contributed by atoms with E-state index in [1.807, 2.05) is 0 Å². The predicted octanol–water partition coefficient (Wildman–Crippen LogP) is 0.535. The van der Waals surface area contributed by atoms with E-state index in [0.717, 1.165) is 0 Å². The number of allylic oxidation sites excluding steroid dienone is 1. The number of hydrogen-bond donors (Lipinski definition) is 2. The quantitative estimate of drug-likeness (QED) is 0.343. The molecule has 0 aliphatic carbocycles. The van der Waals surface area contributed by atoms with Crippen LogP contribution in [0, 0.1) is 0 Å². The standard InChI is InChI=1S/C8H12N2O/c1-4-7(3)9-6-10-8(11)5-2/h4-5,9H,1-3,6H2,(H,10,11). The van der Waals surface area contributed by atoms with Crippen LogP contribution in [0.1, 0.15) is 0 Å². The van der Waals surface area contributed by atoms with E-state index in [0.29, 0.717) is 12.4 Å². The van der Waals surface area contributed by atoms with Crippen molar-refractivity contribution in [3.05, 3.63) is 37.6 Å². The molecule has 0 radical (unpaired) electrons. The average molecular weight is 152 g/mol. The van der Waals surface area contributed by atoms with Crippen molar-refractivity contribution >= 4 is 5.91 Å². The molecule has 3 nitrogen and oxygen atoms in total. The van der Waals surface area contributed by atoms with Crippen molar-refractivity contribution in [3.8, 4) is 0 Å². The molecule has 0 aromatic heterocycles. The van der Waals surface area contributed by atoms with E-state index in [9.17, 15) is 4.79 Å². The van der Waals surface area contributed by atoms with Gasteiger partial charge in [-0.05, 0) is 12.2 Å². The lowest BCUT2D eigenvalue weighted by atomic mass is 10.5. The van der Waals surface area contributed by atoms with Gasteiger partial charge in [0.1, 0.15) is 0 Å². The summed E-state index contributed by atoms with van der Waals surface area (Å²) in [5.74, 6) is -0.214. The van der Waals surface area contributed by atoms with Crippen molar-refractivity contribution in [1.82, 2.24) is 10.6 Å². The maximum atomic E-state index is 10.6. The van der Waals surface area contributed by atoms with Gasteiger partial charge in [-0.2, -0.15) is 0 Å². The molecular formula is C8H12N2O. The highest BCUT2D eigenvalue weighted by atomic mass is 16.1. The van der Waals surface area contributed by atoms with Crippen LogP contribution >= 0.6 is 0 Å². The van der Waals surface area contributed by atoms with Crippen LogP contribution in [0.15, 0.2) is 37.6 Å². The van der Waals surface area contributed by atoms with Gasteiger partial charge in [0.05, 0.1) is 6.67 Å². The smallest absolute Gasteiger partial charge is 0.244 e. The molecule has 0 heterocycles. The molecule has 60 valence electrons. The van der Waals surface area contributed by atoms with Crippen LogP contribution in [-0.4, -0.2) is 12.6 Å². The Labute approximate surface area is 66.5 Å². The largest absolute Gasteiger partial charge is 0.368 e. The molecule has 0 aromatic rings. The summed E-state index contributed by atoms with van der Waals surface area (Å²) in [4.78, 5) is 10.6. The molecule has 0 bridgehead atoms. The van der Waals surface area contributed by atoms with Crippen LogP contribution in [0.25, 0.3) is 0 Å². The van der Waals surface area contributed by atoms with Crippen LogP contribution in [0.5, 0.6) is 0 Å². The van der Waals surface area contributed by atoms with Crippen molar-refractivity contribution in [3.63, 3.8) is 0 Å². The van der Waals surface area contributed by atoms with Crippen molar-refractivity contribution < 1.29 is 4.79 Å². The minimum Gasteiger partial charge on any atom is -0.368 e. The van der Waals surface area contributed by atoms with E-state index in [1.54, 1.807) is 6.08 Å². The lowest BCUT2D eigenvalue weighted by molar-refractivity contribution is -0.116. The van der Waals surface area contributed by atoms with E-state index in [1.165, 1.54) is 6.08 Å². The highest BCUT2D eigenvalue weighted by Gasteiger charge is 1.90. The molecule has 2 N–H and O–H groups in total. The molecule has 0 aliphatic rings. The molecule has 1 amide bonds. The first-order valence-electron chi connectivity index (χ1n) is 3.16. The minimum atomic E-state index is -0.214. The fourth-order valence-electron chi connectivity index (χ4n) is 0.389. The van der Waals surface area contributed by atoms with E-state index in [-0.39, 0.29) is 5.91 Å². The molecule has 0 saturated heterocycles. The van der Waals surface area contributed by atoms with Gasteiger partial charge in [-0.1, -0.05) is 19.7 Å².